The number of carbonyl (C=O) groups excluding carboxylic acids is 3. The zero-order valence-corrected chi connectivity index (χ0v) is 14.6. The number of nitrogens with two attached hydrogens (primary N) is 1. The van der Waals surface area contributed by atoms with E-state index in [2.05, 4.69) is 5.32 Å². The molecule has 2 atom stereocenters. The van der Waals surface area contributed by atoms with E-state index in [1.807, 2.05) is 13.8 Å². The number of nitrogens with one attached hydrogen (secondary N) is 1. The molecule has 0 aromatic carbocycles. The highest BCUT2D eigenvalue weighted by atomic mass is 16.5. The third-order valence-corrected chi connectivity index (χ3v) is 3.92. The van der Waals surface area contributed by atoms with Gasteiger partial charge in [0, 0.05) is 5.41 Å². The van der Waals surface area contributed by atoms with Crippen LogP contribution in [0.25, 0.3) is 0 Å². The minimum atomic E-state index is -0.784. The predicted octanol–water partition coefficient (Wildman–Crippen LogP) is 1.76. The van der Waals surface area contributed by atoms with Crippen molar-refractivity contribution in [1.29, 1.82) is 0 Å². The summed E-state index contributed by atoms with van der Waals surface area (Å²) in [7, 11) is 0. The van der Waals surface area contributed by atoms with Gasteiger partial charge in [0.2, 0.25) is 11.8 Å². The van der Waals surface area contributed by atoms with E-state index in [4.69, 9.17) is 10.5 Å². The molecule has 0 heterocycles. The molecule has 0 saturated heterocycles. The molecule has 6 heteroatoms. The van der Waals surface area contributed by atoms with Crippen molar-refractivity contribution in [3.63, 3.8) is 0 Å². The maximum Gasteiger partial charge on any atom is 0.311 e. The topological polar surface area (TPSA) is 98.5 Å². The van der Waals surface area contributed by atoms with Crippen LogP contribution in [0.5, 0.6) is 0 Å². The third kappa shape index (κ3) is 5.66. The van der Waals surface area contributed by atoms with Gasteiger partial charge in [-0.25, -0.2) is 0 Å². The first-order chi connectivity index (χ1) is 10.00. The fourth-order valence-electron chi connectivity index (χ4n) is 2.25. The summed E-state index contributed by atoms with van der Waals surface area (Å²) in [6, 6.07) is -0.742. The second-order valence-corrected chi connectivity index (χ2v) is 6.71. The molecular weight excluding hydrogens is 284 g/mol. The van der Waals surface area contributed by atoms with Gasteiger partial charge in [-0.15, -0.1) is 0 Å². The highest BCUT2D eigenvalue weighted by molar-refractivity contribution is 5.89. The standard InChI is InChI=1S/C16H30N2O4/c1-7-9-22-14(21)15(4,5)10-16(6,8-2)13(20)18-11(3)12(17)19/h11H,7-10H2,1-6H3,(H2,17,19)(H,18,20). The highest BCUT2D eigenvalue weighted by Gasteiger charge is 2.42. The minimum absolute atomic E-state index is 0.280. The number of hydrogen-bond acceptors (Lipinski definition) is 4. The van der Waals surface area contributed by atoms with Crippen LogP contribution in [0.2, 0.25) is 0 Å². The molecule has 0 aromatic rings. The first-order valence-corrected chi connectivity index (χ1v) is 7.77. The SMILES string of the molecule is CCCOC(=O)C(C)(C)CC(C)(CC)C(=O)NC(C)C(N)=O. The summed E-state index contributed by atoms with van der Waals surface area (Å²) in [4.78, 5) is 35.7. The first kappa shape index (κ1) is 20.4. The van der Waals surface area contributed by atoms with Gasteiger partial charge in [-0.2, -0.15) is 0 Å². The van der Waals surface area contributed by atoms with Gasteiger partial charge in [-0.05, 0) is 40.0 Å². The van der Waals surface area contributed by atoms with Crippen molar-refractivity contribution in [1.82, 2.24) is 5.32 Å². The molecule has 0 aliphatic heterocycles. The van der Waals surface area contributed by atoms with Gasteiger partial charge >= 0.3 is 5.97 Å². The molecule has 0 aromatic heterocycles. The van der Waals surface area contributed by atoms with Gasteiger partial charge in [0.1, 0.15) is 6.04 Å². The summed E-state index contributed by atoms with van der Waals surface area (Å²) in [6.07, 6.45) is 1.62. The van der Waals surface area contributed by atoms with Crippen molar-refractivity contribution in [2.45, 2.75) is 66.8 Å². The number of rotatable bonds is 9. The van der Waals surface area contributed by atoms with E-state index in [0.29, 0.717) is 19.4 Å². The smallest absolute Gasteiger partial charge is 0.311 e. The van der Waals surface area contributed by atoms with Crippen LogP contribution in [-0.4, -0.2) is 30.4 Å². The summed E-state index contributed by atoms with van der Waals surface area (Å²) in [5.74, 6) is -1.18. The number of amides is 2. The Morgan fingerprint density at radius 3 is 2.14 bits per heavy atom. The molecule has 0 bridgehead atoms. The van der Waals surface area contributed by atoms with Crippen molar-refractivity contribution in [3.05, 3.63) is 0 Å². The minimum Gasteiger partial charge on any atom is -0.465 e. The van der Waals surface area contributed by atoms with Gasteiger partial charge in [0.25, 0.3) is 0 Å². The second-order valence-electron chi connectivity index (χ2n) is 6.71. The summed E-state index contributed by atoms with van der Waals surface area (Å²) < 4.78 is 5.20. The van der Waals surface area contributed by atoms with Crippen molar-refractivity contribution in [2.75, 3.05) is 6.61 Å². The number of ether oxygens (including phenoxy) is 1. The maximum absolute atomic E-state index is 12.5. The predicted molar refractivity (Wildman–Crippen MR) is 84.8 cm³/mol. The Labute approximate surface area is 133 Å². The van der Waals surface area contributed by atoms with Gasteiger partial charge in [0.15, 0.2) is 0 Å². The van der Waals surface area contributed by atoms with Crippen molar-refractivity contribution < 1.29 is 19.1 Å². The largest absolute Gasteiger partial charge is 0.465 e. The third-order valence-electron chi connectivity index (χ3n) is 3.92. The molecular formula is C16H30N2O4. The van der Waals surface area contributed by atoms with E-state index in [1.165, 1.54) is 6.92 Å². The van der Waals surface area contributed by atoms with E-state index < -0.39 is 22.8 Å². The number of primary amides is 1. The average Bonchev–Trinajstić information content (AvgIpc) is 2.43. The Morgan fingerprint density at radius 1 is 1.18 bits per heavy atom. The van der Waals surface area contributed by atoms with Gasteiger partial charge in [-0.1, -0.05) is 20.8 Å². The zero-order valence-electron chi connectivity index (χ0n) is 14.6. The lowest BCUT2D eigenvalue weighted by molar-refractivity contribution is -0.157. The molecule has 3 N–H and O–H groups in total. The lowest BCUT2D eigenvalue weighted by atomic mass is 9.71. The zero-order chi connectivity index (χ0) is 17.6. The Hall–Kier alpha value is -1.59. The second kappa shape index (κ2) is 8.15. The maximum atomic E-state index is 12.5. The van der Waals surface area contributed by atoms with Crippen molar-refractivity contribution in [3.8, 4) is 0 Å². The molecule has 2 unspecified atom stereocenters. The van der Waals surface area contributed by atoms with E-state index in [-0.39, 0.29) is 11.9 Å². The Bertz CT molecular complexity index is 420. The number of esters is 1. The van der Waals surface area contributed by atoms with Crippen LogP contribution in [0.1, 0.15) is 60.8 Å². The quantitative estimate of drug-likeness (QED) is 0.633. The molecule has 6 nitrogen and oxygen atoms in total. The molecule has 22 heavy (non-hydrogen) atoms. The molecule has 0 rings (SSSR count). The van der Waals surface area contributed by atoms with Crippen molar-refractivity contribution in [2.24, 2.45) is 16.6 Å². The van der Waals surface area contributed by atoms with E-state index in [0.717, 1.165) is 6.42 Å². The first-order valence-electron chi connectivity index (χ1n) is 7.77. The molecule has 0 radical (unpaired) electrons. The van der Waals surface area contributed by atoms with Crippen LogP contribution in [0.4, 0.5) is 0 Å². The molecule has 0 aliphatic rings. The fraction of sp³-hybridized carbons (Fsp3) is 0.812. The van der Waals surface area contributed by atoms with Crippen LogP contribution >= 0.6 is 0 Å². The van der Waals surface area contributed by atoms with E-state index in [9.17, 15) is 14.4 Å². The summed E-state index contributed by atoms with van der Waals surface area (Å²) in [6.45, 7) is 11.0. The van der Waals surface area contributed by atoms with Crippen LogP contribution in [0.15, 0.2) is 0 Å². The van der Waals surface area contributed by atoms with E-state index >= 15 is 0 Å². The number of hydrogen-bond donors (Lipinski definition) is 2. The van der Waals surface area contributed by atoms with Gasteiger partial charge in [0.05, 0.1) is 12.0 Å². The van der Waals surface area contributed by atoms with Gasteiger partial charge in [-0.3, -0.25) is 14.4 Å². The molecule has 0 spiro atoms. The van der Waals surface area contributed by atoms with Crippen LogP contribution in [0, 0.1) is 10.8 Å². The lowest BCUT2D eigenvalue weighted by Gasteiger charge is -2.35. The molecule has 2 amide bonds. The normalized spacial score (nSPS) is 15.5. The Balaban J connectivity index is 5.02. The van der Waals surface area contributed by atoms with Gasteiger partial charge < -0.3 is 15.8 Å². The molecule has 128 valence electrons. The summed E-state index contributed by atoms with van der Waals surface area (Å²) in [5, 5.41) is 2.61. The Kier molecular flexibility index (Phi) is 7.56. The summed E-state index contributed by atoms with van der Waals surface area (Å²) >= 11 is 0. The monoisotopic (exact) mass is 314 g/mol. The van der Waals surface area contributed by atoms with Crippen LogP contribution in [0.3, 0.4) is 0 Å². The number of carbonyl (C=O) groups is 3. The molecule has 0 aliphatic carbocycles. The summed E-state index contributed by atoms with van der Waals surface area (Å²) in [5.41, 5.74) is 3.61. The van der Waals surface area contributed by atoms with Crippen LogP contribution in [-0.2, 0) is 19.1 Å². The Morgan fingerprint density at radius 2 is 1.73 bits per heavy atom. The fourth-order valence-corrected chi connectivity index (χ4v) is 2.25. The lowest BCUT2D eigenvalue weighted by Crippen LogP contribution is -2.49. The van der Waals surface area contributed by atoms with E-state index in [1.54, 1.807) is 20.8 Å². The molecule has 0 saturated carbocycles. The average molecular weight is 314 g/mol. The van der Waals surface area contributed by atoms with Crippen molar-refractivity contribution >= 4 is 17.8 Å². The highest BCUT2D eigenvalue weighted by Crippen LogP contribution is 2.37. The molecule has 0 fully saturated rings. The van der Waals surface area contributed by atoms with Crippen LogP contribution < -0.4 is 11.1 Å².